The van der Waals surface area contributed by atoms with Crippen molar-refractivity contribution in [2.75, 3.05) is 7.11 Å². The van der Waals surface area contributed by atoms with Crippen molar-refractivity contribution < 1.29 is 13.9 Å². The van der Waals surface area contributed by atoms with Crippen LogP contribution in [0.3, 0.4) is 0 Å². The molecule has 2 heterocycles. The molecule has 1 aromatic carbocycles. The van der Waals surface area contributed by atoms with E-state index in [-0.39, 0.29) is 11.5 Å². The van der Waals surface area contributed by atoms with Gasteiger partial charge in [0.05, 0.1) is 19.2 Å². The quantitative estimate of drug-likeness (QED) is 0.690. The summed E-state index contributed by atoms with van der Waals surface area (Å²) in [6.45, 7) is 2.26. The van der Waals surface area contributed by atoms with E-state index >= 15 is 0 Å². The number of benzene rings is 1. The fourth-order valence-corrected chi connectivity index (χ4v) is 2.59. The number of halogens is 2. The van der Waals surface area contributed by atoms with Gasteiger partial charge in [0.1, 0.15) is 11.6 Å². The normalized spacial score (nSPS) is 11.0. The van der Waals surface area contributed by atoms with Crippen molar-refractivity contribution in [1.29, 1.82) is 0 Å². The molecule has 3 aromatic rings. The molecule has 3 rings (SSSR count). The van der Waals surface area contributed by atoms with E-state index in [1.165, 1.54) is 19.2 Å². The first-order chi connectivity index (χ1) is 11.0. The van der Waals surface area contributed by atoms with Crippen LogP contribution >= 0.6 is 11.6 Å². The monoisotopic (exact) mass is 333 g/mol. The van der Waals surface area contributed by atoms with Crippen LogP contribution in [0.1, 0.15) is 21.9 Å². The summed E-state index contributed by atoms with van der Waals surface area (Å²) in [5.74, 6) is -0.175. The standard InChI is InChI=1S/C16H13ClFN3O2/c1-9-19-15-14(6-5-13(20-15)16(22)23-2)21(9)8-10-3-4-11(18)7-12(10)17/h3-7H,8H2,1-2H3. The van der Waals surface area contributed by atoms with Crippen molar-refractivity contribution >= 4 is 28.7 Å². The molecule has 0 aliphatic rings. The number of esters is 1. The molecule has 5 nitrogen and oxygen atoms in total. The maximum absolute atomic E-state index is 13.2. The lowest BCUT2D eigenvalue weighted by molar-refractivity contribution is 0.0594. The van der Waals surface area contributed by atoms with Gasteiger partial charge in [0, 0.05) is 5.02 Å². The zero-order valence-corrected chi connectivity index (χ0v) is 13.3. The largest absolute Gasteiger partial charge is 0.464 e. The maximum Gasteiger partial charge on any atom is 0.356 e. The van der Waals surface area contributed by atoms with Crippen LogP contribution in [0.2, 0.25) is 5.02 Å². The van der Waals surface area contributed by atoms with Gasteiger partial charge < -0.3 is 9.30 Å². The summed E-state index contributed by atoms with van der Waals surface area (Å²) in [6, 6.07) is 7.62. The van der Waals surface area contributed by atoms with Gasteiger partial charge in [-0.25, -0.2) is 19.2 Å². The second kappa shape index (κ2) is 5.96. The zero-order chi connectivity index (χ0) is 16.6. The van der Waals surface area contributed by atoms with E-state index in [1.54, 1.807) is 18.2 Å². The van der Waals surface area contributed by atoms with E-state index in [0.717, 1.165) is 16.9 Å². The number of methoxy groups -OCH3 is 1. The molecule has 0 spiro atoms. The second-order valence-electron chi connectivity index (χ2n) is 5.01. The Hall–Kier alpha value is -2.47. The first kappa shape index (κ1) is 15.4. The summed E-state index contributed by atoms with van der Waals surface area (Å²) in [7, 11) is 1.30. The Kier molecular flexibility index (Phi) is 4.00. The molecule has 0 aliphatic carbocycles. The molecule has 0 saturated heterocycles. The van der Waals surface area contributed by atoms with Crippen LogP contribution in [0.15, 0.2) is 30.3 Å². The number of hydrogen-bond donors (Lipinski definition) is 0. The number of ether oxygens (including phenoxy) is 1. The van der Waals surface area contributed by atoms with Crippen molar-refractivity contribution in [1.82, 2.24) is 14.5 Å². The number of fused-ring (bicyclic) bond motifs is 1. The topological polar surface area (TPSA) is 57.0 Å². The highest BCUT2D eigenvalue weighted by atomic mass is 35.5. The predicted molar refractivity (Wildman–Crippen MR) is 84.1 cm³/mol. The molecule has 0 radical (unpaired) electrons. The Morgan fingerprint density at radius 1 is 1.30 bits per heavy atom. The van der Waals surface area contributed by atoms with Crippen molar-refractivity contribution in [2.24, 2.45) is 0 Å². The number of carbonyl (C=O) groups is 1. The Morgan fingerprint density at radius 2 is 2.09 bits per heavy atom. The SMILES string of the molecule is COC(=O)c1ccc2c(n1)nc(C)n2Cc1ccc(F)cc1Cl. The second-order valence-corrected chi connectivity index (χ2v) is 5.42. The van der Waals surface area contributed by atoms with Crippen LogP contribution in [0, 0.1) is 12.7 Å². The van der Waals surface area contributed by atoms with Gasteiger partial charge in [-0.3, -0.25) is 0 Å². The van der Waals surface area contributed by atoms with E-state index in [4.69, 9.17) is 11.6 Å². The predicted octanol–water partition coefficient (Wildman–Crippen LogP) is 3.37. The van der Waals surface area contributed by atoms with Gasteiger partial charge in [0.2, 0.25) is 0 Å². The Morgan fingerprint density at radius 3 is 2.78 bits per heavy atom. The number of aromatic nitrogens is 3. The summed E-state index contributed by atoms with van der Waals surface area (Å²) < 4.78 is 19.7. The number of aryl methyl sites for hydroxylation is 1. The van der Waals surface area contributed by atoms with Gasteiger partial charge in [0.25, 0.3) is 0 Å². The lowest BCUT2D eigenvalue weighted by Gasteiger charge is -2.09. The van der Waals surface area contributed by atoms with Crippen molar-refractivity contribution in [3.8, 4) is 0 Å². The van der Waals surface area contributed by atoms with Gasteiger partial charge in [-0.1, -0.05) is 17.7 Å². The van der Waals surface area contributed by atoms with Gasteiger partial charge in [-0.2, -0.15) is 0 Å². The highest BCUT2D eigenvalue weighted by molar-refractivity contribution is 6.31. The number of rotatable bonds is 3. The molecule has 0 fully saturated rings. The number of carbonyl (C=O) groups excluding carboxylic acids is 1. The van der Waals surface area contributed by atoms with Gasteiger partial charge in [-0.05, 0) is 36.8 Å². The third-order valence-corrected chi connectivity index (χ3v) is 3.89. The molecule has 23 heavy (non-hydrogen) atoms. The van der Waals surface area contributed by atoms with Crippen LogP contribution < -0.4 is 0 Å². The Labute approximate surface area is 136 Å². The molecule has 0 N–H and O–H groups in total. The molecule has 0 atom stereocenters. The molecule has 0 amide bonds. The number of nitrogens with zero attached hydrogens (tertiary/aromatic N) is 3. The summed E-state index contributed by atoms with van der Waals surface area (Å²) in [4.78, 5) is 20.1. The smallest absolute Gasteiger partial charge is 0.356 e. The molecule has 2 aromatic heterocycles. The molecular weight excluding hydrogens is 321 g/mol. The highest BCUT2D eigenvalue weighted by Gasteiger charge is 2.14. The van der Waals surface area contributed by atoms with Crippen LogP contribution in [-0.2, 0) is 11.3 Å². The van der Waals surface area contributed by atoms with Crippen LogP contribution in [0.4, 0.5) is 4.39 Å². The number of imidazole rings is 1. The summed E-state index contributed by atoms with van der Waals surface area (Å²) in [6.07, 6.45) is 0. The first-order valence-electron chi connectivity index (χ1n) is 6.85. The van der Waals surface area contributed by atoms with Crippen molar-refractivity contribution in [3.05, 3.63) is 58.3 Å². The summed E-state index contributed by atoms with van der Waals surface area (Å²) >= 11 is 6.08. The van der Waals surface area contributed by atoms with Crippen LogP contribution in [0.25, 0.3) is 11.2 Å². The van der Waals surface area contributed by atoms with E-state index in [1.807, 2.05) is 11.5 Å². The third kappa shape index (κ3) is 2.90. The molecular formula is C16H13ClFN3O2. The van der Waals surface area contributed by atoms with Crippen LogP contribution in [0.5, 0.6) is 0 Å². The van der Waals surface area contributed by atoms with E-state index in [2.05, 4.69) is 14.7 Å². The van der Waals surface area contributed by atoms with Gasteiger partial charge in [0.15, 0.2) is 11.3 Å². The molecule has 0 saturated carbocycles. The van der Waals surface area contributed by atoms with Crippen molar-refractivity contribution in [2.45, 2.75) is 13.5 Å². The van der Waals surface area contributed by atoms with E-state index < -0.39 is 5.97 Å². The van der Waals surface area contributed by atoms with Gasteiger partial charge in [-0.15, -0.1) is 0 Å². The average Bonchev–Trinajstić information content (AvgIpc) is 2.84. The fraction of sp³-hybridized carbons (Fsp3) is 0.188. The highest BCUT2D eigenvalue weighted by Crippen LogP contribution is 2.22. The zero-order valence-electron chi connectivity index (χ0n) is 12.5. The van der Waals surface area contributed by atoms with Crippen molar-refractivity contribution in [3.63, 3.8) is 0 Å². The van der Waals surface area contributed by atoms with E-state index in [9.17, 15) is 9.18 Å². The average molecular weight is 334 g/mol. The number of pyridine rings is 1. The Balaban J connectivity index is 2.04. The lowest BCUT2D eigenvalue weighted by atomic mass is 10.2. The molecule has 7 heteroatoms. The third-order valence-electron chi connectivity index (χ3n) is 3.54. The summed E-state index contributed by atoms with van der Waals surface area (Å²) in [5, 5.41) is 0.352. The van der Waals surface area contributed by atoms with E-state index in [0.29, 0.717) is 17.2 Å². The molecule has 118 valence electrons. The molecule has 0 unspecified atom stereocenters. The number of hydrogen-bond acceptors (Lipinski definition) is 4. The van der Waals surface area contributed by atoms with Crippen LogP contribution in [-0.4, -0.2) is 27.6 Å². The minimum atomic E-state index is -0.513. The minimum Gasteiger partial charge on any atom is -0.464 e. The Bertz CT molecular complexity index is 908. The first-order valence-corrected chi connectivity index (χ1v) is 7.23. The summed E-state index contributed by atoms with van der Waals surface area (Å²) in [5.41, 5.74) is 2.18. The lowest BCUT2D eigenvalue weighted by Crippen LogP contribution is -2.05. The van der Waals surface area contributed by atoms with Gasteiger partial charge >= 0.3 is 5.97 Å². The molecule has 0 bridgehead atoms. The fourth-order valence-electron chi connectivity index (χ4n) is 2.36. The molecule has 0 aliphatic heterocycles. The minimum absolute atomic E-state index is 0.199. The maximum atomic E-state index is 13.2.